The van der Waals surface area contributed by atoms with Gasteiger partial charge in [-0.15, -0.1) is 0 Å². The molecule has 0 saturated carbocycles. The highest BCUT2D eigenvalue weighted by Crippen LogP contribution is 2.24. The average molecular weight is 396 g/mol. The van der Waals surface area contributed by atoms with Crippen LogP contribution in [0.3, 0.4) is 0 Å². The minimum atomic E-state index is -0.840. The van der Waals surface area contributed by atoms with Gasteiger partial charge in [0.2, 0.25) is 5.91 Å². The largest absolute Gasteiger partial charge is 0.310 e. The summed E-state index contributed by atoms with van der Waals surface area (Å²) in [5.74, 6) is 0.423. The van der Waals surface area contributed by atoms with E-state index in [2.05, 4.69) is 25.3 Å². The van der Waals surface area contributed by atoms with E-state index in [0.29, 0.717) is 12.4 Å². The molecule has 29 heavy (non-hydrogen) atoms. The van der Waals surface area contributed by atoms with Gasteiger partial charge >= 0.3 is 0 Å². The predicted octanol–water partition coefficient (Wildman–Crippen LogP) is 3.04. The number of aromatic nitrogens is 4. The maximum Gasteiger partial charge on any atom is 0.228 e. The number of aryl methyl sites for hydroxylation is 1. The SMILES string of the molecule is CC(F)CN1CCC(C(=O)Nc2cc3cc(-c4cnn(C)c4)cnc3cn2)CC1. The number of anilines is 1. The molecule has 1 aliphatic heterocycles. The summed E-state index contributed by atoms with van der Waals surface area (Å²) < 4.78 is 14.9. The van der Waals surface area contributed by atoms with Crippen molar-refractivity contribution in [1.82, 2.24) is 24.6 Å². The lowest BCUT2D eigenvalue weighted by Gasteiger charge is -2.31. The number of halogens is 1. The minimum absolute atomic E-state index is 0.0267. The summed E-state index contributed by atoms with van der Waals surface area (Å²) in [5.41, 5.74) is 2.71. The third kappa shape index (κ3) is 4.59. The molecule has 0 radical (unpaired) electrons. The summed E-state index contributed by atoms with van der Waals surface area (Å²) in [5, 5.41) is 8.04. The molecular weight excluding hydrogens is 371 g/mol. The van der Waals surface area contributed by atoms with Gasteiger partial charge in [0.1, 0.15) is 12.0 Å². The van der Waals surface area contributed by atoms with E-state index in [9.17, 15) is 9.18 Å². The number of nitrogens with zero attached hydrogens (tertiary/aromatic N) is 5. The number of alkyl halides is 1. The van der Waals surface area contributed by atoms with Crippen LogP contribution in [-0.2, 0) is 11.8 Å². The molecule has 0 aliphatic carbocycles. The number of likely N-dealkylation sites (tertiary alicyclic amines) is 1. The highest BCUT2D eigenvalue weighted by molar-refractivity contribution is 5.94. The van der Waals surface area contributed by atoms with Gasteiger partial charge in [0, 0.05) is 48.4 Å². The Morgan fingerprint density at radius 3 is 2.69 bits per heavy atom. The van der Waals surface area contributed by atoms with E-state index in [1.807, 2.05) is 25.4 Å². The van der Waals surface area contributed by atoms with Crippen LogP contribution in [0, 0.1) is 5.92 Å². The van der Waals surface area contributed by atoms with Gasteiger partial charge in [-0.1, -0.05) is 0 Å². The van der Waals surface area contributed by atoms with E-state index in [1.54, 1.807) is 30.2 Å². The molecule has 4 heterocycles. The normalized spacial score (nSPS) is 16.8. The van der Waals surface area contributed by atoms with Gasteiger partial charge in [0.15, 0.2) is 0 Å². The van der Waals surface area contributed by atoms with Gasteiger partial charge in [-0.3, -0.25) is 14.5 Å². The third-order valence-corrected chi connectivity index (χ3v) is 5.33. The third-order valence-electron chi connectivity index (χ3n) is 5.33. The monoisotopic (exact) mass is 396 g/mol. The second kappa shape index (κ2) is 8.24. The molecule has 7 nitrogen and oxygen atoms in total. The van der Waals surface area contributed by atoms with Crippen molar-refractivity contribution in [2.45, 2.75) is 25.9 Å². The van der Waals surface area contributed by atoms with Gasteiger partial charge in [0.25, 0.3) is 0 Å². The molecule has 0 spiro atoms. The highest BCUT2D eigenvalue weighted by atomic mass is 19.1. The number of amides is 1. The maximum absolute atomic E-state index is 13.2. The Morgan fingerprint density at radius 2 is 2.00 bits per heavy atom. The molecule has 152 valence electrons. The van der Waals surface area contributed by atoms with Gasteiger partial charge in [-0.25, -0.2) is 9.37 Å². The molecule has 1 N–H and O–H groups in total. The number of carbonyl (C=O) groups is 1. The lowest BCUT2D eigenvalue weighted by Crippen LogP contribution is -2.40. The van der Waals surface area contributed by atoms with Crippen LogP contribution in [0.25, 0.3) is 22.0 Å². The molecular formula is C21H25FN6O. The lowest BCUT2D eigenvalue weighted by molar-refractivity contribution is -0.121. The molecule has 4 rings (SSSR count). The van der Waals surface area contributed by atoms with Crippen LogP contribution in [0.4, 0.5) is 10.2 Å². The molecule has 1 saturated heterocycles. The summed E-state index contributed by atoms with van der Waals surface area (Å²) in [6.07, 6.45) is 7.82. The topological polar surface area (TPSA) is 75.9 Å². The molecule has 1 fully saturated rings. The van der Waals surface area contributed by atoms with Gasteiger partial charge in [-0.05, 0) is 45.0 Å². The minimum Gasteiger partial charge on any atom is -0.310 e. The Labute approximate surface area is 168 Å². The van der Waals surface area contributed by atoms with Gasteiger partial charge < -0.3 is 10.2 Å². The smallest absolute Gasteiger partial charge is 0.228 e. The Balaban J connectivity index is 1.44. The number of hydrogen-bond acceptors (Lipinski definition) is 5. The molecule has 3 aromatic heterocycles. The van der Waals surface area contributed by atoms with Crippen molar-refractivity contribution in [3.8, 4) is 11.1 Å². The fourth-order valence-corrected chi connectivity index (χ4v) is 3.79. The molecule has 0 bridgehead atoms. The highest BCUT2D eigenvalue weighted by Gasteiger charge is 2.25. The first-order valence-corrected chi connectivity index (χ1v) is 9.90. The van der Waals surface area contributed by atoms with Crippen LogP contribution < -0.4 is 5.32 Å². The quantitative estimate of drug-likeness (QED) is 0.717. The second-order valence-corrected chi connectivity index (χ2v) is 7.73. The van der Waals surface area contributed by atoms with E-state index in [1.165, 1.54) is 0 Å². The Kier molecular flexibility index (Phi) is 5.53. The molecule has 1 unspecified atom stereocenters. The molecule has 3 aromatic rings. The molecule has 8 heteroatoms. The van der Waals surface area contributed by atoms with Crippen LogP contribution in [-0.4, -0.2) is 56.4 Å². The fourth-order valence-electron chi connectivity index (χ4n) is 3.79. The van der Waals surface area contributed by atoms with Crippen LogP contribution in [0.5, 0.6) is 0 Å². The zero-order valence-electron chi connectivity index (χ0n) is 16.7. The van der Waals surface area contributed by atoms with Crippen molar-refractivity contribution in [1.29, 1.82) is 0 Å². The number of pyridine rings is 2. The van der Waals surface area contributed by atoms with Gasteiger partial charge in [-0.2, -0.15) is 5.10 Å². The molecule has 0 aromatic carbocycles. The molecule has 1 aliphatic rings. The Hall–Kier alpha value is -2.87. The van der Waals surface area contributed by atoms with Crippen molar-refractivity contribution < 1.29 is 9.18 Å². The first-order valence-electron chi connectivity index (χ1n) is 9.90. The maximum atomic E-state index is 13.2. The van der Waals surface area contributed by atoms with E-state index in [-0.39, 0.29) is 11.8 Å². The molecule has 1 amide bonds. The zero-order valence-corrected chi connectivity index (χ0v) is 16.7. The standard InChI is InChI=1S/C21H25FN6O/c1-14(22)12-28-5-3-15(4-6-28)21(29)26-20-8-16-7-17(9-23-19(16)11-24-20)18-10-25-27(2)13-18/h7-11,13-15H,3-6,12H2,1-2H3,(H,24,26,29). The van der Waals surface area contributed by atoms with Crippen LogP contribution in [0.2, 0.25) is 0 Å². The van der Waals surface area contributed by atoms with E-state index >= 15 is 0 Å². The van der Waals surface area contributed by atoms with Crippen LogP contribution >= 0.6 is 0 Å². The lowest BCUT2D eigenvalue weighted by atomic mass is 9.96. The number of fused-ring (bicyclic) bond motifs is 1. The van der Waals surface area contributed by atoms with Gasteiger partial charge in [0.05, 0.1) is 17.9 Å². The van der Waals surface area contributed by atoms with Crippen LogP contribution in [0.1, 0.15) is 19.8 Å². The summed E-state index contributed by atoms with van der Waals surface area (Å²) in [6.45, 7) is 3.50. The zero-order chi connectivity index (χ0) is 20.4. The fraction of sp³-hybridized carbons (Fsp3) is 0.429. The van der Waals surface area contributed by atoms with Crippen LogP contribution in [0.15, 0.2) is 36.9 Å². The van der Waals surface area contributed by atoms with Crippen molar-refractivity contribution in [2.24, 2.45) is 13.0 Å². The molecule has 1 atom stereocenters. The predicted molar refractivity (Wildman–Crippen MR) is 110 cm³/mol. The number of hydrogen-bond donors (Lipinski definition) is 1. The van der Waals surface area contributed by atoms with Crippen molar-refractivity contribution >= 4 is 22.6 Å². The van der Waals surface area contributed by atoms with Crippen molar-refractivity contribution in [2.75, 3.05) is 25.0 Å². The second-order valence-electron chi connectivity index (χ2n) is 7.73. The van der Waals surface area contributed by atoms with E-state index < -0.39 is 6.17 Å². The number of rotatable bonds is 5. The summed E-state index contributed by atoms with van der Waals surface area (Å²) in [6, 6.07) is 3.87. The Bertz CT molecular complexity index is 1010. The summed E-state index contributed by atoms with van der Waals surface area (Å²) in [7, 11) is 1.87. The first-order chi connectivity index (χ1) is 14.0. The van der Waals surface area contributed by atoms with Crippen molar-refractivity contribution in [3.63, 3.8) is 0 Å². The first kappa shape index (κ1) is 19.4. The number of nitrogens with one attached hydrogen (secondary N) is 1. The number of piperidine rings is 1. The van der Waals surface area contributed by atoms with E-state index in [0.717, 1.165) is 48.0 Å². The van der Waals surface area contributed by atoms with E-state index in [4.69, 9.17) is 0 Å². The summed E-state index contributed by atoms with van der Waals surface area (Å²) >= 11 is 0. The van der Waals surface area contributed by atoms with Crippen molar-refractivity contribution in [3.05, 3.63) is 36.9 Å². The number of carbonyl (C=O) groups excluding carboxylic acids is 1. The summed E-state index contributed by atoms with van der Waals surface area (Å²) in [4.78, 5) is 23.5. The Morgan fingerprint density at radius 1 is 1.21 bits per heavy atom. The average Bonchev–Trinajstić information content (AvgIpc) is 3.14.